The Morgan fingerprint density at radius 1 is 1.07 bits per heavy atom. The molecule has 0 unspecified atom stereocenters. The molecular weight excluding hydrogens is 435 g/mol. The number of halogens is 2. The lowest BCUT2D eigenvalue weighted by Crippen LogP contribution is -2.28. The summed E-state index contributed by atoms with van der Waals surface area (Å²) in [5, 5.41) is 3.93. The van der Waals surface area contributed by atoms with Gasteiger partial charge >= 0.3 is 0 Å². The van der Waals surface area contributed by atoms with Crippen LogP contribution >= 0.6 is 23.2 Å². The maximum atomic E-state index is 13.1. The zero-order chi connectivity index (χ0) is 21.6. The summed E-state index contributed by atoms with van der Waals surface area (Å²) < 4.78 is 25.1. The van der Waals surface area contributed by atoms with Gasteiger partial charge in [-0.3, -0.25) is 14.8 Å². The van der Waals surface area contributed by atoms with Crippen molar-refractivity contribution in [1.82, 2.24) is 9.97 Å². The second kappa shape index (κ2) is 7.44. The first kappa shape index (κ1) is 21.3. The number of anilines is 2. The van der Waals surface area contributed by atoms with Crippen molar-refractivity contribution >= 4 is 61.2 Å². The van der Waals surface area contributed by atoms with Crippen LogP contribution in [-0.4, -0.2) is 29.0 Å². The molecule has 10 heteroatoms. The molecule has 3 rings (SSSR count). The van der Waals surface area contributed by atoms with Crippen LogP contribution < -0.4 is 11.1 Å². The lowest BCUT2D eigenvalue weighted by Gasteiger charge is -2.21. The number of fused-ring (bicyclic) bond motifs is 1. The van der Waals surface area contributed by atoms with Crippen LogP contribution in [0.2, 0.25) is 10.0 Å². The van der Waals surface area contributed by atoms with E-state index in [9.17, 15) is 13.2 Å². The summed E-state index contributed by atoms with van der Waals surface area (Å²) in [7, 11) is -3.78. The Morgan fingerprint density at radius 3 is 2.34 bits per heavy atom. The maximum Gasteiger partial charge on any atom is 0.252 e. The van der Waals surface area contributed by atoms with E-state index in [1.807, 2.05) is 0 Å². The van der Waals surface area contributed by atoms with Gasteiger partial charge in [0, 0.05) is 22.8 Å². The molecule has 1 amide bonds. The minimum atomic E-state index is -3.78. The molecule has 7 nitrogen and oxygen atoms in total. The van der Waals surface area contributed by atoms with Gasteiger partial charge in [-0.15, -0.1) is 0 Å². The van der Waals surface area contributed by atoms with Gasteiger partial charge in [-0.1, -0.05) is 23.2 Å². The van der Waals surface area contributed by atoms with Crippen LogP contribution in [0.3, 0.4) is 0 Å². The van der Waals surface area contributed by atoms with Crippen LogP contribution in [0.15, 0.2) is 41.7 Å². The number of hydrogen-bond donors (Lipinski definition) is 2. The summed E-state index contributed by atoms with van der Waals surface area (Å²) in [6, 6.07) is 4.48. The van der Waals surface area contributed by atoms with Gasteiger partial charge in [-0.25, -0.2) is 8.42 Å². The highest BCUT2D eigenvalue weighted by Gasteiger charge is 2.33. The number of sulfone groups is 1. The predicted molar refractivity (Wildman–Crippen MR) is 115 cm³/mol. The fourth-order valence-electron chi connectivity index (χ4n) is 2.72. The fraction of sp³-hybridized carbons (Fsp3) is 0.211. The number of amides is 1. The highest BCUT2D eigenvalue weighted by molar-refractivity contribution is 7.93. The number of nitrogens with two attached hydrogens (primary N) is 1. The third-order valence-corrected chi connectivity index (χ3v) is 7.16. The summed E-state index contributed by atoms with van der Waals surface area (Å²) in [5.74, 6) is -0.739. The molecule has 0 saturated carbocycles. The van der Waals surface area contributed by atoms with E-state index in [0.29, 0.717) is 16.1 Å². The van der Waals surface area contributed by atoms with E-state index in [-0.39, 0.29) is 26.7 Å². The molecule has 3 N–H and O–H groups in total. The third-order valence-electron chi connectivity index (χ3n) is 4.24. The van der Waals surface area contributed by atoms with E-state index in [0.717, 1.165) is 0 Å². The van der Waals surface area contributed by atoms with Crippen molar-refractivity contribution in [2.75, 3.05) is 5.32 Å². The SMILES string of the molecule is CC(C)(C)S(=O)(=O)c1cc(Cl)cc2c(Nc3cncc(Cl)c3)c(C(N)=O)cnc12. The number of primary amides is 1. The second-order valence-electron chi connectivity index (χ2n) is 7.34. The number of nitrogens with zero attached hydrogens (tertiary/aromatic N) is 2. The molecule has 2 heterocycles. The molecule has 152 valence electrons. The average molecular weight is 453 g/mol. The number of nitrogens with one attached hydrogen (secondary N) is 1. The molecule has 3 aromatic rings. The quantitative estimate of drug-likeness (QED) is 0.607. The van der Waals surface area contributed by atoms with E-state index in [1.54, 1.807) is 26.8 Å². The Hall–Kier alpha value is -2.42. The predicted octanol–water partition coefficient (Wildman–Crippen LogP) is 4.35. The van der Waals surface area contributed by atoms with Gasteiger partial charge in [-0.05, 0) is 39.0 Å². The van der Waals surface area contributed by atoms with E-state index in [1.165, 1.54) is 30.7 Å². The van der Waals surface area contributed by atoms with Crippen LogP contribution in [0, 0.1) is 0 Å². The molecule has 29 heavy (non-hydrogen) atoms. The van der Waals surface area contributed by atoms with Crippen molar-refractivity contribution in [2.45, 2.75) is 30.4 Å². The lowest BCUT2D eigenvalue weighted by atomic mass is 10.1. The highest BCUT2D eigenvalue weighted by atomic mass is 35.5. The fourth-order valence-corrected chi connectivity index (χ4v) is 4.53. The number of hydrogen-bond acceptors (Lipinski definition) is 6. The van der Waals surface area contributed by atoms with Crippen LogP contribution in [-0.2, 0) is 9.84 Å². The normalized spacial score (nSPS) is 12.2. The van der Waals surface area contributed by atoms with Crippen molar-refractivity contribution in [2.24, 2.45) is 5.73 Å². The Kier molecular flexibility index (Phi) is 5.46. The van der Waals surface area contributed by atoms with E-state index in [2.05, 4.69) is 15.3 Å². The van der Waals surface area contributed by atoms with Gasteiger partial charge in [0.2, 0.25) is 0 Å². The molecule has 0 aliphatic carbocycles. The minimum Gasteiger partial charge on any atom is -0.365 e. The zero-order valence-electron chi connectivity index (χ0n) is 15.8. The van der Waals surface area contributed by atoms with Crippen molar-refractivity contribution in [3.8, 4) is 0 Å². The third kappa shape index (κ3) is 4.01. The van der Waals surface area contributed by atoms with Gasteiger partial charge < -0.3 is 11.1 Å². The number of rotatable bonds is 4. The zero-order valence-corrected chi connectivity index (χ0v) is 18.2. The number of aromatic nitrogens is 2. The molecule has 0 radical (unpaired) electrons. The standard InChI is InChI=1S/C19H18Cl2N4O3S/c1-19(2,3)29(27,28)15-6-10(20)5-13-16(14(18(22)26)9-24-17(13)15)25-12-4-11(21)7-23-8-12/h4-9H,1-3H3,(H2,22,26)(H,24,25). The number of benzene rings is 1. The van der Waals surface area contributed by atoms with E-state index in [4.69, 9.17) is 28.9 Å². The lowest BCUT2D eigenvalue weighted by molar-refractivity contribution is 0.100. The van der Waals surface area contributed by atoms with Gasteiger partial charge in [0.05, 0.1) is 43.3 Å². The Balaban J connectivity index is 2.37. The van der Waals surface area contributed by atoms with Crippen LogP contribution in [0.25, 0.3) is 10.9 Å². The van der Waals surface area contributed by atoms with Crippen molar-refractivity contribution < 1.29 is 13.2 Å². The van der Waals surface area contributed by atoms with Gasteiger partial charge in [0.25, 0.3) is 5.91 Å². The largest absolute Gasteiger partial charge is 0.365 e. The summed E-state index contributed by atoms with van der Waals surface area (Å²) in [6.07, 6.45) is 4.19. The summed E-state index contributed by atoms with van der Waals surface area (Å²) in [4.78, 5) is 20.2. The van der Waals surface area contributed by atoms with Gasteiger partial charge in [0.15, 0.2) is 9.84 Å². The van der Waals surface area contributed by atoms with Gasteiger partial charge in [-0.2, -0.15) is 0 Å². The smallest absolute Gasteiger partial charge is 0.252 e. The van der Waals surface area contributed by atoms with Crippen LogP contribution in [0.5, 0.6) is 0 Å². The van der Waals surface area contributed by atoms with Crippen molar-refractivity contribution in [1.29, 1.82) is 0 Å². The molecule has 0 saturated heterocycles. The molecule has 0 aliphatic heterocycles. The summed E-state index contributed by atoms with van der Waals surface area (Å²) in [6.45, 7) is 4.76. The second-order valence-corrected chi connectivity index (χ2v) is 10.9. The molecule has 0 atom stereocenters. The molecular formula is C19H18Cl2N4O3S. The Labute approximate surface area is 178 Å². The number of carbonyl (C=O) groups is 1. The average Bonchev–Trinajstić information content (AvgIpc) is 2.60. The first-order valence-corrected chi connectivity index (χ1v) is 10.7. The van der Waals surface area contributed by atoms with Crippen LogP contribution in [0.1, 0.15) is 31.1 Å². The highest BCUT2D eigenvalue weighted by Crippen LogP contribution is 2.37. The molecule has 1 aromatic carbocycles. The van der Waals surface area contributed by atoms with E-state index < -0.39 is 20.5 Å². The number of carbonyl (C=O) groups excluding carboxylic acids is 1. The summed E-state index contributed by atoms with van der Waals surface area (Å²) in [5.41, 5.74) is 6.49. The first-order chi connectivity index (χ1) is 13.4. The molecule has 0 spiro atoms. The monoisotopic (exact) mass is 452 g/mol. The molecule has 0 aliphatic rings. The first-order valence-electron chi connectivity index (χ1n) is 8.46. The molecule has 0 fully saturated rings. The van der Waals surface area contributed by atoms with Crippen LogP contribution in [0.4, 0.5) is 11.4 Å². The van der Waals surface area contributed by atoms with E-state index >= 15 is 0 Å². The topological polar surface area (TPSA) is 115 Å². The van der Waals surface area contributed by atoms with Gasteiger partial charge in [0.1, 0.15) is 0 Å². The molecule has 2 aromatic heterocycles. The molecule has 0 bridgehead atoms. The Morgan fingerprint density at radius 2 is 1.76 bits per heavy atom. The van der Waals surface area contributed by atoms with Crippen molar-refractivity contribution in [3.05, 3.63) is 52.4 Å². The van der Waals surface area contributed by atoms with Crippen molar-refractivity contribution in [3.63, 3.8) is 0 Å². The summed E-state index contributed by atoms with van der Waals surface area (Å²) >= 11 is 12.2. The minimum absolute atomic E-state index is 0.0317. The number of pyridine rings is 2. The maximum absolute atomic E-state index is 13.1. The Bertz CT molecular complexity index is 1240.